The van der Waals surface area contributed by atoms with Crippen LogP contribution in [-0.2, 0) is 4.74 Å². The topological polar surface area (TPSA) is 27.7 Å². The minimum atomic E-state index is 0.0531. The molecule has 0 aliphatic carbocycles. The molecule has 1 aromatic rings. The van der Waals surface area contributed by atoms with Crippen LogP contribution in [0.3, 0.4) is 0 Å². The van der Waals surface area contributed by atoms with E-state index in [9.17, 15) is 0 Å². The maximum atomic E-state index is 6.34. The molecule has 0 aromatic heterocycles. The Morgan fingerprint density at radius 1 is 1.32 bits per heavy atom. The quantitative estimate of drug-likeness (QED) is 0.762. The highest BCUT2D eigenvalue weighted by atomic mass is 79.9. The molecule has 106 valence electrons. The van der Waals surface area contributed by atoms with E-state index in [-0.39, 0.29) is 10.9 Å². The van der Waals surface area contributed by atoms with Crippen LogP contribution in [0.25, 0.3) is 0 Å². The fourth-order valence-electron chi connectivity index (χ4n) is 2.35. The van der Waals surface area contributed by atoms with E-state index < -0.39 is 0 Å². The first-order valence-corrected chi connectivity index (χ1v) is 7.55. The molecule has 1 saturated heterocycles. The zero-order chi connectivity index (χ0) is 14.0. The molecule has 0 saturated carbocycles. The lowest BCUT2D eigenvalue weighted by atomic mass is 9.97. The first kappa shape index (κ1) is 14.9. The Labute approximate surface area is 127 Å². The van der Waals surface area contributed by atoms with Crippen molar-refractivity contribution in [1.29, 1.82) is 0 Å². The van der Waals surface area contributed by atoms with Gasteiger partial charge in [-0.2, -0.15) is 0 Å². The van der Waals surface area contributed by atoms with E-state index in [0.29, 0.717) is 22.4 Å². The number of alkyl halides is 1. The van der Waals surface area contributed by atoms with Gasteiger partial charge in [0.25, 0.3) is 0 Å². The maximum absolute atomic E-state index is 6.34. The van der Waals surface area contributed by atoms with Crippen molar-refractivity contribution in [3.05, 3.63) is 22.7 Å². The van der Waals surface area contributed by atoms with E-state index in [1.54, 1.807) is 20.3 Å². The smallest absolute Gasteiger partial charge is 0.162 e. The van der Waals surface area contributed by atoms with Crippen LogP contribution < -0.4 is 9.47 Å². The molecule has 1 aliphatic heterocycles. The number of benzene rings is 1. The Bertz CT molecular complexity index is 453. The normalized spacial score (nSPS) is 24.3. The Morgan fingerprint density at radius 2 is 1.95 bits per heavy atom. The summed E-state index contributed by atoms with van der Waals surface area (Å²) in [5, 5.41) is 0.655. The molecule has 5 heteroatoms. The number of hydrogen-bond acceptors (Lipinski definition) is 3. The second-order valence-electron chi connectivity index (χ2n) is 4.73. The van der Waals surface area contributed by atoms with Crippen molar-refractivity contribution < 1.29 is 14.2 Å². The summed E-state index contributed by atoms with van der Waals surface area (Å²) in [4.78, 5) is 0.0531. The third-order valence-electron chi connectivity index (χ3n) is 3.53. The first-order chi connectivity index (χ1) is 9.08. The molecule has 0 N–H and O–H groups in total. The second kappa shape index (κ2) is 6.33. The van der Waals surface area contributed by atoms with Crippen LogP contribution in [0.15, 0.2) is 12.1 Å². The molecule has 1 fully saturated rings. The van der Waals surface area contributed by atoms with Crippen LogP contribution in [0, 0.1) is 5.92 Å². The van der Waals surface area contributed by atoms with Gasteiger partial charge >= 0.3 is 0 Å². The Hall–Kier alpha value is -0.450. The number of ether oxygens (including phenoxy) is 3. The van der Waals surface area contributed by atoms with Crippen molar-refractivity contribution in [1.82, 2.24) is 0 Å². The van der Waals surface area contributed by atoms with Crippen molar-refractivity contribution >= 4 is 27.5 Å². The van der Waals surface area contributed by atoms with Gasteiger partial charge in [0.15, 0.2) is 11.5 Å². The highest BCUT2D eigenvalue weighted by Gasteiger charge is 2.33. The largest absolute Gasteiger partial charge is 0.493 e. The maximum Gasteiger partial charge on any atom is 0.162 e. The molecule has 1 heterocycles. The summed E-state index contributed by atoms with van der Waals surface area (Å²) < 4.78 is 16.4. The number of methoxy groups -OCH3 is 2. The van der Waals surface area contributed by atoms with Crippen LogP contribution >= 0.6 is 27.5 Å². The molecule has 1 aliphatic rings. The van der Waals surface area contributed by atoms with Crippen LogP contribution in [0.1, 0.15) is 23.7 Å². The van der Waals surface area contributed by atoms with Gasteiger partial charge in [0.05, 0.1) is 25.2 Å². The van der Waals surface area contributed by atoms with Gasteiger partial charge in [-0.25, -0.2) is 0 Å². The third kappa shape index (κ3) is 3.01. The molecule has 0 bridgehead atoms. The molecular weight excluding hydrogens is 332 g/mol. The van der Waals surface area contributed by atoms with E-state index in [1.165, 1.54) is 0 Å². The minimum Gasteiger partial charge on any atom is -0.493 e. The van der Waals surface area contributed by atoms with Crippen molar-refractivity contribution in [3.8, 4) is 11.5 Å². The van der Waals surface area contributed by atoms with Gasteiger partial charge in [0.2, 0.25) is 0 Å². The summed E-state index contributed by atoms with van der Waals surface area (Å²) in [6.07, 6.45) is 1.22. The van der Waals surface area contributed by atoms with Crippen molar-refractivity contribution in [2.75, 3.05) is 20.8 Å². The lowest BCUT2D eigenvalue weighted by Crippen LogP contribution is -2.19. The molecule has 1 aromatic carbocycles. The second-order valence-corrected chi connectivity index (χ2v) is 6.13. The molecular formula is C14H18BrClO3. The van der Waals surface area contributed by atoms with E-state index in [0.717, 1.165) is 18.6 Å². The molecule has 0 spiro atoms. The Morgan fingerprint density at radius 3 is 2.47 bits per heavy atom. The standard InChI is InChI=1S/C14H18BrClO3/c1-8-4-5-19-14(8)13(15)9-6-11(17-2)12(18-3)7-10(9)16/h6-8,13-14H,4-5H2,1-3H3. The number of rotatable bonds is 4. The van der Waals surface area contributed by atoms with Crippen LogP contribution in [0.4, 0.5) is 0 Å². The van der Waals surface area contributed by atoms with Gasteiger partial charge in [-0.1, -0.05) is 34.5 Å². The average Bonchev–Trinajstić information content (AvgIpc) is 2.83. The summed E-state index contributed by atoms with van der Waals surface area (Å²) in [6.45, 7) is 3.00. The SMILES string of the molecule is COc1cc(Cl)c(C(Br)C2OCCC2C)cc1OC. The molecule has 0 amide bonds. The Balaban J connectivity index is 2.33. The first-order valence-electron chi connectivity index (χ1n) is 6.25. The molecule has 2 rings (SSSR count). The van der Waals surface area contributed by atoms with E-state index in [4.69, 9.17) is 25.8 Å². The summed E-state index contributed by atoms with van der Waals surface area (Å²) in [7, 11) is 3.22. The number of halogens is 2. The monoisotopic (exact) mass is 348 g/mol. The lowest BCUT2D eigenvalue weighted by Gasteiger charge is -2.23. The van der Waals surface area contributed by atoms with Crippen LogP contribution in [0.5, 0.6) is 11.5 Å². The Kier molecular flexibility index (Phi) is 4.98. The van der Waals surface area contributed by atoms with Gasteiger partial charge in [-0.05, 0) is 24.0 Å². The number of hydrogen-bond donors (Lipinski definition) is 0. The predicted octanol–water partition coefficient (Wildman–Crippen LogP) is 4.22. The minimum absolute atomic E-state index is 0.0531. The molecule has 0 radical (unpaired) electrons. The zero-order valence-corrected chi connectivity index (χ0v) is 13.6. The van der Waals surface area contributed by atoms with Gasteiger partial charge in [0.1, 0.15) is 0 Å². The highest BCUT2D eigenvalue weighted by Crippen LogP contribution is 2.43. The fraction of sp³-hybridized carbons (Fsp3) is 0.571. The molecule has 3 atom stereocenters. The summed E-state index contributed by atoms with van der Waals surface area (Å²) >= 11 is 10.0. The average molecular weight is 350 g/mol. The fourth-order valence-corrected chi connectivity index (χ4v) is 3.81. The van der Waals surface area contributed by atoms with E-state index >= 15 is 0 Å². The van der Waals surface area contributed by atoms with Gasteiger partial charge < -0.3 is 14.2 Å². The third-order valence-corrected chi connectivity index (χ3v) is 4.87. The summed E-state index contributed by atoms with van der Waals surface area (Å²) in [5.74, 6) is 1.82. The van der Waals surface area contributed by atoms with Crippen LogP contribution in [-0.4, -0.2) is 26.9 Å². The molecule has 3 unspecified atom stereocenters. The van der Waals surface area contributed by atoms with E-state index in [1.807, 2.05) is 6.07 Å². The van der Waals surface area contributed by atoms with E-state index in [2.05, 4.69) is 22.9 Å². The van der Waals surface area contributed by atoms with Gasteiger partial charge in [0, 0.05) is 17.7 Å². The predicted molar refractivity (Wildman–Crippen MR) is 79.7 cm³/mol. The van der Waals surface area contributed by atoms with Crippen molar-refractivity contribution in [3.63, 3.8) is 0 Å². The summed E-state index contributed by atoms with van der Waals surface area (Å²) in [5.41, 5.74) is 0.970. The highest BCUT2D eigenvalue weighted by molar-refractivity contribution is 9.09. The van der Waals surface area contributed by atoms with Crippen molar-refractivity contribution in [2.45, 2.75) is 24.3 Å². The van der Waals surface area contributed by atoms with Crippen LogP contribution in [0.2, 0.25) is 5.02 Å². The van der Waals surface area contributed by atoms with Gasteiger partial charge in [-0.3, -0.25) is 0 Å². The lowest BCUT2D eigenvalue weighted by molar-refractivity contribution is 0.0934. The van der Waals surface area contributed by atoms with Gasteiger partial charge in [-0.15, -0.1) is 0 Å². The van der Waals surface area contributed by atoms with Crippen molar-refractivity contribution in [2.24, 2.45) is 5.92 Å². The molecule has 3 nitrogen and oxygen atoms in total. The zero-order valence-electron chi connectivity index (χ0n) is 11.3. The summed E-state index contributed by atoms with van der Waals surface area (Å²) in [6, 6.07) is 3.69. The molecule has 19 heavy (non-hydrogen) atoms.